The highest BCUT2D eigenvalue weighted by Crippen LogP contribution is 2.22. The maximum Gasteiger partial charge on any atom is 0.319 e. The predicted octanol–water partition coefficient (Wildman–Crippen LogP) is 4.84. The van der Waals surface area contributed by atoms with E-state index in [0.29, 0.717) is 5.02 Å². The minimum Gasteiger partial charge on any atom is -0.331 e. The Morgan fingerprint density at radius 1 is 1.14 bits per heavy atom. The van der Waals surface area contributed by atoms with Gasteiger partial charge in [-0.2, -0.15) is 0 Å². The molecular weight excluding hydrogens is 284 g/mol. The van der Waals surface area contributed by atoms with E-state index < -0.39 is 0 Å². The van der Waals surface area contributed by atoms with Crippen LogP contribution in [0.25, 0.3) is 0 Å². The van der Waals surface area contributed by atoms with Gasteiger partial charge in [-0.05, 0) is 44.0 Å². The van der Waals surface area contributed by atoms with Gasteiger partial charge in [0.15, 0.2) is 0 Å². The van der Waals surface area contributed by atoms with E-state index in [-0.39, 0.29) is 12.1 Å². The average molecular weight is 303 g/mol. The van der Waals surface area contributed by atoms with E-state index in [0.717, 1.165) is 16.8 Å². The lowest BCUT2D eigenvalue weighted by Crippen LogP contribution is -2.31. The zero-order valence-electron chi connectivity index (χ0n) is 12.4. The van der Waals surface area contributed by atoms with E-state index in [1.165, 1.54) is 5.56 Å². The molecule has 0 aliphatic rings. The molecule has 2 aromatic rings. The Morgan fingerprint density at radius 2 is 1.86 bits per heavy atom. The summed E-state index contributed by atoms with van der Waals surface area (Å²) in [6.45, 7) is 5.90. The average Bonchev–Trinajstić information content (AvgIpc) is 2.42. The molecule has 2 rings (SSSR count). The predicted molar refractivity (Wildman–Crippen MR) is 87.9 cm³/mol. The zero-order chi connectivity index (χ0) is 15.4. The van der Waals surface area contributed by atoms with E-state index in [1.54, 1.807) is 0 Å². The number of carbonyl (C=O) groups excluding carboxylic acids is 1. The molecule has 2 amide bonds. The molecule has 4 heteroatoms. The van der Waals surface area contributed by atoms with Crippen molar-refractivity contribution in [2.24, 2.45) is 0 Å². The van der Waals surface area contributed by atoms with Crippen LogP contribution in [0.15, 0.2) is 42.5 Å². The standard InChI is InChI=1S/C17H19ClN2O/c1-11-8-9-16(12(2)10-11)20-17(21)19-13(3)14-6-4-5-7-15(14)18/h4-10,13H,1-3H3,(H2,19,20,21). The first-order valence-electron chi connectivity index (χ1n) is 6.86. The molecule has 110 valence electrons. The lowest BCUT2D eigenvalue weighted by atomic mass is 10.1. The molecule has 2 aromatic carbocycles. The number of urea groups is 1. The van der Waals surface area contributed by atoms with Crippen LogP contribution >= 0.6 is 11.6 Å². The third-order valence-corrected chi connectivity index (χ3v) is 3.69. The SMILES string of the molecule is Cc1ccc(NC(=O)NC(C)c2ccccc2Cl)c(C)c1. The number of rotatable bonds is 3. The second kappa shape index (κ2) is 6.64. The Morgan fingerprint density at radius 3 is 2.52 bits per heavy atom. The van der Waals surface area contributed by atoms with Gasteiger partial charge < -0.3 is 10.6 Å². The highest BCUT2D eigenvalue weighted by Gasteiger charge is 2.12. The summed E-state index contributed by atoms with van der Waals surface area (Å²) >= 11 is 6.13. The Labute approximate surface area is 130 Å². The van der Waals surface area contributed by atoms with E-state index >= 15 is 0 Å². The molecule has 3 nitrogen and oxygen atoms in total. The summed E-state index contributed by atoms with van der Waals surface area (Å²) in [5.74, 6) is 0. The largest absolute Gasteiger partial charge is 0.331 e. The second-order valence-electron chi connectivity index (χ2n) is 5.16. The molecule has 0 fully saturated rings. The van der Waals surface area contributed by atoms with E-state index in [4.69, 9.17) is 11.6 Å². The normalized spacial score (nSPS) is 11.8. The van der Waals surface area contributed by atoms with Crippen molar-refractivity contribution in [1.29, 1.82) is 0 Å². The van der Waals surface area contributed by atoms with Gasteiger partial charge in [0.2, 0.25) is 0 Å². The van der Waals surface area contributed by atoms with Gasteiger partial charge in [-0.3, -0.25) is 0 Å². The molecular formula is C17H19ClN2O. The summed E-state index contributed by atoms with van der Waals surface area (Å²) in [7, 11) is 0. The number of hydrogen-bond acceptors (Lipinski definition) is 1. The monoisotopic (exact) mass is 302 g/mol. The highest BCUT2D eigenvalue weighted by atomic mass is 35.5. The van der Waals surface area contributed by atoms with Crippen molar-refractivity contribution in [3.05, 3.63) is 64.2 Å². The maximum atomic E-state index is 12.1. The first-order valence-corrected chi connectivity index (χ1v) is 7.24. The molecule has 0 spiro atoms. The van der Waals surface area contributed by atoms with E-state index in [1.807, 2.05) is 63.2 Å². The van der Waals surface area contributed by atoms with Gasteiger partial charge in [0.25, 0.3) is 0 Å². The fourth-order valence-corrected chi connectivity index (χ4v) is 2.51. The fourth-order valence-electron chi connectivity index (χ4n) is 2.21. The molecule has 0 bridgehead atoms. The summed E-state index contributed by atoms with van der Waals surface area (Å²) in [6.07, 6.45) is 0. The van der Waals surface area contributed by atoms with Crippen LogP contribution in [0.5, 0.6) is 0 Å². The topological polar surface area (TPSA) is 41.1 Å². The summed E-state index contributed by atoms with van der Waals surface area (Å²) in [4.78, 5) is 12.1. The van der Waals surface area contributed by atoms with Crippen LogP contribution in [-0.4, -0.2) is 6.03 Å². The molecule has 0 radical (unpaired) electrons. The Balaban J connectivity index is 2.03. The Bertz CT molecular complexity index is 655. The van der Waals surface area contributed by atoms with Crippen LogP contribution < -0.4 is 10.6 Å². The van der Waals surface area contributed by atoms with Crippen molar-refractivity contribution in [2.45, 2.75) is 26.8 Å². The third-order valence-electron chi connectivity index (χ3n) is 3.35. The van der Waals surface area contributed by atoms with Gasteiger partial charge in [0, 0.05) is 10.7 Å². The first-order chi connectivity index (χ1) is 9.97. The van der Waals surface area contributed by atoms with Crippen LogP contribution in [0.3, 0.4) is 0 Å². The van der Waals surface area contributed by atoms with Crippen molar-refractivity contribution in [3.63, 3.8) is 0 Å². The minimum absolute atomic E-state index is 0.163. The minimum atomic E-state index is -0.241. The van der Waals surface area contributed by atoms with Crippen LogP contribution in [-0.2, 0) is 0 Å². The number of nitrogens with one attached hydrogen (secondary N) is 2. The van der Waals surface area contributed by atoms with Gasteiger partial charge >= 0.3 is 6.03 Å². The van der Waals surface area contributed by atoms with Crippen molar-refractivity contribution in [2.75, 3.05) is 5.32 Å². The third kappa shape index (κ3) is 3.99. The molecule has 0 aliphatic carbocycles. The van der Waals surface area contributed by atoms with Crippen molar-refractivity contribution < 1.29 is 4.79 Å². The number of halogens is 1. The van der Waals surface area contributed by atoms with Gasteiger partial charge in [0.1, 0.15) is 0 Å². The van der Waals surface area contributed by atoms with Crippen molar-refractivity contribution in [1.82, 2.24) is 5.32 Å². The molecule has 21 heavy (non-hydrogen) atoms. The Hall–Kier alpha value is -2.00. The van der Waals surface area contributed by atoms with Crippen molar-refractivity contribution >= 4 is 23.3 Å². The van der Waals surface area contributed by atoms with Gasteiger partial charge in [0.05, 0.1) is 6.04 Å². The molecule has 0 aromatic heterocycles. The molecule has 0 aliphatic heterocycles. The first kappa shape index (κ1) is 15.4. The number of aryl methyl sites for hydroxylation is 2. The van der Waals surface area contributed by atoms with Gasteiger partial charge in [-0.15, -0.1) is 0 Å². The highest BCUT2D eigenvalue weighted by molar-refractivity contribution is 6.31. The number of hydrogen-bond donors (Lipinski definition) is 2. The van der Waals surface area contributed by atoms with Crippen LogP contribution in [0.2, 0.25) is 5.02 Å². The van der Waals surface area contributed by atoms with Gasteiger partial charge in [-0.1, -0.05) is 47.5 Å². The maximum absolute atomic E-state index is 12.1. The number of amides is 2. The molecule has 0 saturated carbocycles. The number of benzene rings is 2. The number of anilines is 1. The van der Waals surface area contributed by atoms with E-state index in [9.17, 15) is 4.79 Å². The van der Waals surface area contributed by atoms with E-state index in [2.05, 4.69) is 10.6 Å². The summed E-state index contributed by atoms with van der Waals surface area (Å²) in [5.41, 5.74) is 3.91. The summed E-state index contributed by atoms with van der Waals surface area (Å²) in [6, 6.07) is 13.0. The van der Waals surface area contributed by atoms with Crippen LogP contribution in [0, 0.1) is 13.8 Å². The van der Waals surface area contributed by atoms with Crippen LogP contribution in [0.4, 0.5) is 10.5 Å². The lowest BCUT2D eigenvalue weighted by Gasteiger charge is -2.17. The zero-order valence-corrected chi connectivity index (χ0v) is 13.2. The lowest BCUT2D eigenvalue weighted by molar-refractivity contribution is 0.249. The second-order valence-corrected chi connectivity index (χ2v) is 5.57. The van der Waals surface area contributed by atoms with Crippen molar-refractivity contribution in [3.8, 4) is 0 Å². The number of carbonyl (C=O) groups is 1. The summed E-state index contributed by atoms with van der Waals surface area (Å²) in [5, 5.41) is 6.41. The Kier molecular flexibility index (Phi) is 4.86. The molecule has 1 atom stereocenters. The smallest absolute Gasteiger partial charge is 0.319 e. The van der Waals surface area contributed by atoms with Gasteiger partial charge in [-0.25, -0.2) is 4.79 Å². The molecule has 1 unspecified atom stereocenters. The summed E-state index contributed by atoms with van der Waals surface area (Å²) < 4.78 is 0. The molecule has 2 N–H and O–H groups in total. The quantitative estimate of drug-likeness (QED) is 0.837. The van der Waals surface area contributed by atoms with Crippen LogP contribution in [0.1, 0.15) is 29.7 Å². The molecule has 0 heterocycles. The fraction of sp³-hybridized carbons (Fsp3) is 0.235. The molecule has 0 saturated heterocycles.